The van der Waals surface area contributed by atoms with Crippen molar-refractivity contribution in [3.05, 3.63) is 64.5 Å². The number of fused-ring (bicyclic) bond motifs is 1. The highest BCUT2D eigenvalue weighted by atomic mass is 16.6. The zero-order valence-corrected chi connectivity index (χ0v) is 29.1. The van der Waals surface area contributed by atoms with Crippen LogP contribution in [-0.2, 0) is 36.9 Å². The number of morpholine rings is 1. The van der Waals surface area contributed by atoms with E-state index >= 15 is 0 Å². The highest BCUT2D eigenvalue weighted by Crippen LogP contribution is 2.35. The number of ether oxygens (including phenoxy) is 3. The molecule has 2 N–H and O–H groups in total. The first-order valence-electron chi connectivity index (χ1n) is 16.5. The van der Waals surface area contributed by atoms with E-state index in [9.17, 15) is 29.1 Å². The van der Waals surface area contributed by atoms with Crippen molar-refractivity contribution in [3.63, 3.8) is 0 Å². The Kier molecular flexibility index (Phi) is 10.2. The number of benzene rings is 2. The number of hydrogen-bond donors (Lipinski definition) is 2. The molecule has 2 aromatic carbocycles. The molecule has 0 aromatic heterocycles. The number of amides is 5. The molecule has 2 aromatic rings. The van der Waals surface area contributed by atoms with Gasteiger partial charge in [0, 0.05) is 36.6 Å². The average Bonchev–Trinajstić information content (AvgIpc) is 3.80. The summed E-state index contributed by atoms with van der Waals surface area (Å²) in [5.41, 5.74) is 0.414. The summed E-state index contributed by atoms with van der Waals surface area (Å²) in [6.45, 7) is 18.5. The van der Waals surface area contributed by atoms with Crippen LogP contribution in [0.5, 0.6) is 0 Å². The summed E-state index contributed by atoms with van der Waals surface area (Å²) >= 11 is 0. The summed E-state index contributed by atoms with van der Waals surface area (Å²) in [5, 5.41) is 13.5. The molecule has 2 atom stereocenters. The molecule has 3 aliphatic rings. The molecule has 2 heterocycles. The third-order valence-corrected chi connectivity index (χ3v) is 8.16. The normalized spacial score (nSPS) is 18.2. The lowest BCUT2D eigenvalue weighted by atomic mass is 10.1. The second-order valence-electron chi connectivity index (χ2n) is 14.7. The molecule has 1 aliphatic carbocycles. The van der Waals surface area contributed by atoms with Gasteiger partial charge in [0.05, 0.1) is 19.7 Å². The van der Waals surface area contributed by atoms with Gasteiger partial charge in [-0.05, 0) is 95.7 Å². The van der Waals surface area contributed by atoms with Crippen molar-refractivity contribution < 1.29 is 43.3 Å². The summed E-state index contributed by atoms with van der Waals surface area (Å²) < 4.78 is 16.4. The molecule has 0 radical (unpaired) electrons. The van der Waals surface area contributed by atoms with Gasteiger partial charge in [0.25, 0.3) is 17.7 Å². The van der Waals surface area contributed by atoms with E-state index < -0.39 is 54.0 Å². The molecule has 0 spiro atoms. The van der Waals surface area contributed by atoms with Crippen molar-refractivity contribution in [1.82, 2.24) is 9.80 Å². The first-order valence-corrected chi connectivity index (χ1v) is 16.5. The molecule has 1 saturated carbocycles. The maximum Gasteiger partial charge on any atom is 0.420 e. The third kappa shape index (κ3) is 8.58. The van der Waals surface area contributed by atoms with E-state index in [0.29, 0.717) is 23.7 Å². The fourth-order valence-corrected chi connectivity index (χ4v) is 5.63. The zero-order chi connectivity index (χ0) is 36.5. The maximum absolute atomic E-state index is 13.5. The monoisotopic (exact) mass is 689 g/mol. The molecule has 14 nitrogen and oxygen atoms in total. The van der Waals surface area contributed by atoms with Crippen LogP contribution in [0.2, 0.25) is 0 Å². The third-order valence-electron chi connectivity index (χ3n) is 8.16. The number of anilines is 2. The zero-order valence-electron chi connectivity index (χ0n) is 29.1. The molecule has 5 amide bonds. The predicted octanol–water partition coefficient (Wildman–Crippen LogP) is 5.01. The number of nitrogens with zero attached hydrogens (tertiary/aromatic N) is 4. The van der Waals surface area contributed by atoms with Gasteiger partial charge < -0.3 is 34.4 Å². The van der Waals surface area contributed by atoms with Crippen LogP contribution in [0, 0.1) is 12.5 Å². The number of carbonyl (C=O) groups excluding carboxylic acids is 5. The summed E-state index contributed by atoms with van der Waals surface area (Å²) in [6, 6.07) is 9.43. The van der Waals surface area contributed by atoms with Crippen molar-refractivity contribution >= 4 is 47.0 Å². The second kappa shape index (κ2) is 14.1. The van der Waals surface area contributed by atoms with Crippen molar-refractivity contribution in [2.45, 2.75) is 90.9 Å². The number of carbonyl (C=O) groups is 5. The predicted molar refractivity (Wildman–Crippen MR) is 181 cm³/mol. The molecule has 5 rings (SSSR count). The number of hydrogen-bond acceptors (Lipinski definition) is 9. The van der Waals surface area contributed by atoms with Crippen molar-refractivity contribution in [2.75, 3.05) is 29.9 Å². The van der Waals surface area contributed by atoms with Gasteiger partial charge in [0.1, 0.15) is 11.2 Å². The molecular weight excluding hydrogens is 646 g/mol. The van der Waals surface area contributed by atoms with E-state index in [1.54, 1.807) is 53.7 Å². The number of aliphatic hydroxyl groups excluding tert-OH is 1. The van der Waals surface area contributed by atoms with Crippen molar-refractivity contribution in [2.24, 2.45) is 5.92 Å². The molecule has 0 unspecified atom stereocenters. The Balaban J connectivity index is 1.29. The van der Waals surface area contributed by atoms with Crippen molar-refractivity contribution in [1.29, 1.82) is 0 Å². The van der Waals surface area contributed by atoms with E-state index in [4.69, 9.17) is 20.8 Å². The lowest BCUT2D eigenvalue weighted by Crippen LogP contribution is -2.55. The van der Waals surface area contributed by atoms with Crippen LogP contribution in [0.15, 0.2) is 36.4 Å². The first kappa shape index (κ1) is 36.3. The Hall–Kier alpha value is -5.00. The highest BCUT2D eigenvalue weighted by Gasteiger charge is 2.41. The van der Waals surface area contributed by atoms with Gasteiger partial charge in [-0.25, -0.2) is 19.3 Å². The van der Waals surface area contributed by atoms with Crippen LogP contribution >= 0.6 is 0 Å². The standard InChI is InChI=1S/C36H43N5O9/c1-35(2,3)49-33(46)41(34(47)50-36(4,5)6)20-23-16-24(11-13-27(23)37-7)38-30(43)28(42)29-32(45)40(14-15-48-29)25-12-10-22-19-39(18-21-8-9-21)31(44)26(22)17-25/h10-13,16-17,21,28-29,42H,8-9,14-15,18-20H2,1-6H3,(H,38,43)/t28-,29-/m1/s1. The number of imide groups is 1. The fourth-order valence-electron chi connectivity index (χ4n) is 5.63. The largest absolute Gasteiger partial charge is 0.443 e. The minimum Gasteiger partial charge on any atom is -0.443 e. The quantitative estimate of drug-likeness (QED) is 0.364. The second-order valence-corrected chi connectivity index (χ2v) is 14.7. The topological polar surface area (TPSA) is 159 Å². The fraction of sp³-hybridized carbons (Fsp3) is 0.500. The van der Waals surface area contributed by atoms with Crippen LogP contribution in [-0.4, -0.2) is 87.9 Å². The van der Waals surface area contributed by atoms with Gasteiger partial charge >= 0.3 is 12.2 Å². The van der Waals surface area contributed by atoms with Gasteiger partial charge in [-0.1, -0.05) is 12.1 Å². The summed E-state index contributed by atoms with van der Waals surface area (Å²) in [6.07, 6.45) is -3.18. The lowest BCUT2D eigenvalue weighted by molar-refractivity contribution is -0.150. The minimum absolute atomic E-state index is 0.0363. The van der Waals surface area contributed by atoms with E-state index in [2.05, 4.69) is 10.2 Å². The van der Waals surface area contributed by atoms with Crippen LogP contribution < -0.4 is 10.2 Å². The summed E-state index contributed by atoms with van der Waals surface area (Å²) in [5.74, 6) is -1.13. The van der Waals surface area contributed by atoms with Crippen molar-refractivity contribution in [3.8, 4) is 0 Å². The molecule has 1 saturated heterocycles. The van der Waals surface area contributed by atoms with Gasteiger partial charge in [-0.3, -0.25) is 14.4 Å². The Bertz CT molecular complexity index is 1710. The average molecular weight is 690 g/mol. The maximum atomic E-state index is 13.5. The number of aliphatic hydroxyl groups is 1. The smallest absolute Gasteiger partial charge is 0.420 e. The van der Waals surface area contributed by atoms with E-state index in [-0.39, 0.29) is 36.0 Å². The molecule has 0 bridgehead atoms. The summed E-state index contributed by atoms with van der Waals surface area (Å²) in [4.78, 5) is 73.4. The summed E-state index contributed by atoms with van der Waals surface area (Å²) in [7, 11) is 0. The highest BCUT2D eigenvalue weighted by molar-refractivity contribution is 6.05. The Morgan fingerprint density at radius 1 is 1.04 bits per heavy atom. The van der Waals surface area contributed by atoms with Crippen LogP contribution in [0.25, 0.3) is 4.85 Å². The Morgan fingerprint density at radius 2 is 1.70 bits per heavy atom. The number of rotatable bonds is 8. The van der Waals surface area contributed by atoms with Crippen LogP contribution in [0.1, 0.15) is 75.9 Å². The molecule has 2 aliphatic heterocycles. The van der Waals surface area contributed by atoms with E-state index in [0.717, 1.165) is 29.8 Å². The molecule has 50 heavy (non-hydrogen) atoms. The molecule has 266 valence electrons. The van der Waals surface area contributed by atoms with E-state index in [1.807, 2.05) is 11.0 Å². The molecule has 2 fully saturated rings. The Morgan fingerprint density at radius 3 is 2.30 bits per heavy atom. The SMILES string of the molecule is [C-]#[N+]c1ccc(NC(=O)[C@H](O)[C@H]2OCCN(c3ccc4c(c3)C(=O)N(CC3CC3)C4)C2=O)cc1CN(C(=O)OC(C)(C)C)C(=O)OC(C)(C)C. The van der Waals surface area contributed by atoms with Gasteiger partial charge in [0.15, 0.2) is 17.9 Å². The van der Waals surface area contributed by atoms with Crippen LogP contribution in [0.4, 0.5) is 26.7 Å². The minimum atomic E-state index is -1.92. The van der Waals surface area contributed by atoms with E-state index in [1.165, 1.54) is 23.1 Å². The van der Waals surface area contributed by atoms with Gasteiger partial charge in [-0.2, -0.15) is 0 Å². The van der Waals surface area contributed by atoms with Gasteiger partial charge in [0.2, 0.25) is 0 Å². The van der Waals surface area contributed by atoms with Gasteiger partial charge in [-0.15, -0.1) is 0 Å². The first-order chi connectivity index (χ1) is 23.4. The molecule has 14 heteroatoms. The van der Waals surface area contributed by atoms with Crippen LogP contribution in [0.3, 0.4) is 0 Å². The number of nitrogens with one attached hydrogen (secondary N) is 1. The lowest BCUT2D eigenvalue weighted by Gasteiger charge is -2.34. The Labute approximate surface area is 291 Å². The molecular formula is C36H43N5O9.